The summed E-state index contributed by atoms with van der Waals surface area (Å²) in [5, 5.41) is 18.6. The van der Waals surface area contributed by atoms with Crippen molar-refractivity contribution in [1.82, 2.24) is 10.8 Å². The van der Waals surface area contributed by atoms with E-state index in [1.54, 1.807) is 5.48 Å². The van der Waals surface area contributed by atoms with Crippen molar-refractivity contribution in [3.8, 4) is 0 Å². The molecule has 58 valence electrons. The Bertz CT molecular complexity index is 149. The number of carboxylic acids is 1. The smallest absolute Gasteiger partial charge is 0.325 e. The lowest BCUT2D eigenvalue weighted by molar-refractivity contribution is -0.138. The molecule has 0 spiro atoms. The van der Waals surface area contributed by atoms with Crippen LogP contribution in [0.3, 0.4) is 0 Å². The zero-order valence-electron chi connectivity index (χ0n) is 5.29. The molecule has 0 fully saturated rings. The number of carbonyl (C=O) groups is 1. The number of nitrogens with one attached hydrogen (secondary N) is 2. The van der Waals surface area contributed by atoms with Gasteiger partial charge in [0.25, 0.3) is 0 Å². The highest BCUT2D eigenvalue weighted by atomic mass is 32.1. The molecule has 1 unspecified atom stereocenters. The molecule has 0 aromatic heterocycles. The Kier molecular flexibility index (Phi) is 3.67. The third-order valence-corrected chi connectivity index (χ3v) is 1.03. The molecule has 0 saturated carbocycles. The molecule has 4 N–H and O–H groups in total. The van der Waals surface area contributed by atoms with Crippen LogP contribution >= 0.6 is 12.2 Å². The summed E-state index contributed by atoms with van der Waals surface area (Å²) in [5.74, 6) is -1.03. The van der Waals surface area contributed by atoms with Crippen LogP contribution in [0, 0.1) is 0 Å². The van der Waals surface area contributed by atoms with Gasteiger partial charge in [-0.3, -0.25) is 10.0 Å². The van der Waals surface area contributed by atoms with Gasteiger partial charge in [0.05, 0.1) is 0 Å². The van der Waals surface area contributed by atoms with Gasteiger partial charge in [-0.25, -0.2) is 5.48 Å². The number of hydroxylamine groups is 1. The van der Waals surface area contributed by atoms with Gasteiger partial charge in [-0.2, -0.15) is 0 Å². The van der Waals surface area contributed by atoms with Crippen molar-refractivity contribution in [2.24, 2.45) is 0 Å². The number of aliphatic carboxylic acids is 1. The van der Waals surface area contributed by atoms with Crippen molar-refractivity contribution >= 4 is 23.3 Å². The Morgan fingerprint density at radius 2 is 2.20 bits per heavy atom. The van der Waals surface area contributed by atoms with Crippen LogP contribution in [0.5, 0.6) is 0 Å². The molecule has 0 aliphatic rings. The van der Waals surface area contributed by atoms with Gasteiger partial charge >= 0.3 is 5.97 Å². The second-order valence-corrected chi connectivity index (χ2v) is 2.05. The van der Waals surface area contributed by atoms with Crippen molar-refractivity contribution in [3.05, 3.63) is 0 Å². The SMILES string of the molecule is CC(NC(=S)NO)C(=O)O. The highest BCUT2D eigenvalue weighted by molar-refractivity contribution is 7.80. The Labute approximate surface area is 63.0 Å². The Balaban J connectivity index is 3.68. The molecule has 5 nitrogen and oxygen atoms in total. The van der Waals surface area contributed by atoms with Crippen LogP contribution in [-0.2, 0) is 4.79 Å². The molecule has 0 aromatic carbocycles. The summed E-state index contributed by atoms with van der Waals surface area (Å²) in [6.45, 7) is 1.41. The number of thiocarbonyl (C=S) groups is 1. The van der Waals surface area contributed by atoms with Gasteiger partial charge in [-0.15, -0.1) is 0 Å². The summed E-state index contributed by atoms with van der Waals surface area (Å²) in [7, 11) is 0. The summed E-state index contributed by atoms with van der Waals surface area (Å²) in [4.78, 5) is 10.1. The van der Waals surface area contributed by atoms with Crippen molar-refractivity contribution in [2.45, 2.75) is 13.0 Å². The van der Waals surface area contributed by atoms with E-state index in [1.807, 2.05) is 0 Å². The molecule has 0 heterocycles. The van der Waals surface area contributed by atoms with E-state index in [9.17, 15) is 4.79 Å². The second kappa shape index (κ2) is 4.02. The van der Waals surface area contributed by atoms with Gasteiger partial charge in [-0.05, 0) is 19.1 Å². The molecule has 0 radical (unpaired) electrons. The standard InChI is InChI=1S/C4H8N2O3S/c1-2(3(7)8)5-4(10)6-9/h2,9H,1H3,(H,7,8)(H2,5,6,10). The van der Waals surface area contributed by atoms with Crippen LogP contribution in [0.1, 0.15) is 6.92 Å². The van der Waals surface area contributed by atoms with E-state index < -0.39 is 12.0 Å². The van der Waals surface area contributed by atoms with Gasteiger partial charge < -0.3 is 10.4 Å². The van der Waals surface area contributed by atoms with Crippen molar-refractivity contribution in [2.75, 3.05) is 0 Å². The van der Waals surface area contributed by atoms with E-state index >= 15 is 0 Å². The van der Waals surface area contributed by atoms with Crippen LogP contribution in [0.2, 0.25) is 0 Å². The predicted molar refractivity (Wildman–Crippen MR) is 37.8 cm³/mol. The van der Waals surface area contributed by atoms with Crippen molar-refractivity contribution in [3.63, 3.8) is 0 Å². The number of hydrogen-bond acceptors (Lipinski definition) is 3. The highest BCUT2D eigenvalue weighted by Crippen LogP contribution is 1.79. The van der Waals surface area contributed by atoms with Gasteiger partial charge in [0.2, 0.25) is 0 Å². The third kappa shape index (κ3) is 3.21. The van der Waals surface area contributed by atoms with E-state index in [1.165, 1.54) is 6.92 Å². The minimum absolute atomic E-state index is 0.102. The summed E-state index contributed by atoms with van der Waals surface area (Å²) in [6.07, 6.45) is 0. The first-order chi connectivity index (χ1) is 4.57. The predicted octanol–water partition coefficient (Wildman–Crippen LogP) is -0.687. The lowest BCUT2D eigenvalue weighted by Gasteiger charge is -2.09. The van der Waals surface area contributed by atoms with E-state index in [0.717, 1.165) is 0 Å². The first-order valence-electron chi connectivity index (χ1n) is 2.51. The highest BCUT2D eigenvalue weighted by Gasteiger charge is 2.10. The number of hydrogen-bond donors (Lipinski definition) is 4. The Morgan fingerprint density at radius 1 is 1.70 bits per heavy atom. The molecule has 0 rings (SSSR count). The van der Waals surface area contributed by atoms with Gasteiger partial charge in [0.15, 0.2) is 5.11 Å². The zero-order valence-corrected chi connectivity index (χ0v) is 6.10. The van der Waals surface area contributed by atoms with Crippen LogP contribution in [0.15, 0.2) is 0 Å². The molecular formula is C4H8N2O3S. The third-order valence-electron chi connectivity index (χ3n) is 0.820. The normalized spacial score (nSPS) is 11.8. The zero-order chi connectivity index (χ0) is 8.15. The van der Waals surface area contributed by atoms with Crippen LogP contribution in [0.25, 0.3) is 0 Å². The maximum atomic E-state index is 10.1. The fourth-order valence-corrected chi connectivity index (χ4v) is 0.467. The van der Waals surface area contributed by atoms with E-state index in [0.29, 0.717) is 0 Å². The molecule has 0 aliphatic heterocycles. The molecular weight excluding hydrogens is 156 g/mol. The molecule has 0 amide bonds. The molecule has 0 aliphatic carbocycles. The minimum Gasteiger partial charge on any atom is -0.480 e. The number of carboxylic acid groups (broad SMARTS) is 1. The molecule has 0 bridgehead atoms. The van der Waals surface area contributed by atoms with Crippen LogP contribution in [0.4, 0.5) is 0 Å². The lowest BCUT2D eigenvalue weighted by atomic mass is 10.4. The van der Waals surface area contributed by atoms with Crippen molar-refractivity contribution < 1.29 is 15.1 Å². The van der Waals surface area contributed by atoms with E-state index in [4.69, 9.17) is 10.3 Å². The Hall–Kier alpha value is -0.880. The summed E-state index contributed by atoms with van der Waals surface area (Å²) in [6, 6.07) is -0.799. The summed E-state index contributed by atoms with van der Waals surface area (Å²) < 4.78 is 0. The van der Waals surface area contributed by atoms with Gasteiger partial charge in [0, 0.05) is 0 Å². The molecule has 6 heteroatoms. The molecule has 1 atom stereocenters. The molecule has 0 aromatic rings. The Morgan fingerprint density at radius 3 is 2.50 bits per heavy atom. The quantitative estimate of drug-likeness (QED) is 0.319. The summed E-state index contributed by atoms with van der Waals surface area (Å²) >= 11 is 4.42. The molecule has 0 saturated heterocycles. The van der Waals surface area contributed by atoms with E-state index in [2.05, 4.69) is 17.5 Å². The first-order valence-corrected chi connectivity index (χ1v) is 2.92. The lowest BCUT2D eigenvalue weighted by Crippen LogP contribution is -2.42. The largest absolute Gasteiger partial charge is 0.480 e. The van der Waals surface area contributed by atoms with Gasteiger partial charge in [0.1, 0.15) is 6.04 Å². The van der Waals surface area contributed by atoms with Crippen molar-refractivity contribution in [1.29, 1.82) is 0 Å². The van der Waals surface area contributed by atoms with Crippen LogP contribution < -0.4 is 10.8 Å². The fourth-order valence-electron chi connectivity index (χ4n) is 0.291. The maximum Gasteiger partial charge on any atom is 0.325 e. The second-order valence-electron chi connectivity index (χ2n) is 1.65. The number of rotatable bonds is 2. The topological polar surface area (TPSA) is 81.6 Å². The summed E-state index contributed by atoms with van der Waals surface area (Å²) in [5.41, 5.74) is 1.61. The first kappa shape index (κ1) is 9.12. The minimum atomic E-state index is -1.03. The fraction of sp³-hybridized carbons (Fsp3) is 0.500. The monoisotopic (exact) mass is 164 g/mol. The molecule has 10 heavy (non-hydrogen) atoms. The average Bonchev–Trinajstić information content (AvgIpc) is 1.87. The average molecular weight is 164 g/mol. The van der Waals surface area contributed by atoms with E-state index in [-0.39, 0.29) is 5.11 Å². The maximum absolute atomic E-state index is 10.1. The van der Waals surface area contributed by atoms with Gasteiger partial charge in [-0.1, -0.05) is 0 Å². The van der Waals surface area contributed by atoms with Crippen LogP contribution in [-0.4, -0.2) is 27.4 Å².